The summed E-state index contributed by atoms with van der Waals surface area (Å²) >= 11 is 36.0. The van der Waals surface area contributed by atoms with Crippen molar-refractivity contribution < 1.29 is 129 Å². The van der Waals surface area contributed by atoms with E-state index in [1.165, 1.54) is 64.7 Å². The molecule has 134 heavy (non-hydrogen) atoms. The van der Waals surface area contributed by atoms with Crippen molar-refractivity contribution in [2.45, 2.75) is 148 Å². The highest BCUT2D eigenvalue weighted by Gasteiger charge is 2.58. The second-order valence-corrected chi connectivity index (χ2v) is 50.1. The highest BCUT2D eigenvalue weighted by Crippen LogP contribution is 2.61. The number of nitrogens with zero attached hydrogens (tertiary/aromatic N) is 15. The summed E-state index contributed by atoms with van der Waals surface area (Å²) in [5.74, 6) is -0.631. The summed E-state index contributed by atoms with van der Waals surface area (Å²) < 4.78 is 191. The van der Waals surface area contributed by atoms with Crippen LogP contribution in [-0.2, 0) is 154 Å². The summed E-state index contributed by atoms with van der Waals surface area (Å²) in [4.78, 5) is 136. The van der Waals surface area contributed by atoms with Crippen molar-refractivity contribution in [3.63, 3.8) is 0 Å². The Bertz CT molecular complexity index is 6830. The van der Waals surface area contributed by atoms with E-state index in [1.54, 1.807) is 42.6 Å². The van der Waals surface area contributed by atoms with Crippen LogP contribution in [0.3, 0.4) is 0 Å². The predicted molar refractivity (Wildman–Crippen MR) is 483 cm³/mol. The molecule has 0 saturated carbocycles. The maximum atomic E-state index is 16.1. The molecule has 9 aliphatic heterocycles. The van der Waals surface area contributed by atoms with E-state index in [0.29, 0.717) is 50.2 Å². The van der Waals surface area contributed by atoms with Gasteiger partial charge in [0.2, 0.25) is 23.5 Å². The number of hydrogen-bond donors (Lipinski definition) is 15. The van der Waals surface area contributed by atoms with Gasteiger partial charge in [0.05, 0.1) is 64.7 Å². The van der Waals surface area contributed by atoms with Crippen LogP contribution in [0.15, 0.2) is 107 Å². The third kappa shape index (κ3) is 18.9. The van der Waals surface area contributed by atoms with Crippen LogP contribution in [0.1, 0.15) is 43.8 Å². The van der Waals surface area contributed by atoms with Gasteiger partial charge in [0, 0.05) is 76.8 Å². The van der Waals surface area contributed by atoms with E-state index in [0.717, 1.165) is 12.7 Å². The summed E-state index contributed by atoms with van der Waals surface area (Å²) in [6.07, 6.45) is -20.9. The minimum absolute atomic E-state index is 0.0164. The van der Waals surface area contributed by atoms with Gasteiger partial charge in [-0.3, -0.25) is 61.1 Å². The molecule has 0 aliphatic carbocycles. The second-order valence-electron chi connectivity index (χ2n) is 30.9. The average molecular weight is 2120 g/mol. The fourth-order valence-electron chi connectivity index (χ4n) is 16.4. The Hall–Kier alpha value is -7.10. The molecule has 0 spiro atoms. The summed E-state index contributed by atoms with van der Waals surface area (Å²) in [5.41, 5.74) is 31.9. The second kappa shape index (κ2) is 36.8. The number of halogens is 5. The molecular formula is C66H73F5N24O26P6S7. The lowest BCUT2D eigenvalue weighted by molar-refractivity contribution is -0.0598. The fraction of sp³-hybridized carbons (Fsp3) is 0.455. The average Bonchev–Trinajstić information content (AvgIpc) is 1.58. The third-order valence-electron chi connectivity index (χ3n) is 22.4. The zero-order chi connectivity index (χ0) is 94.6. The van der Waals surface area contributed by atoms with E-state index >= 15 is 22.0 Å². The quantitative estimate of drug-likeness (QED) is 0.0631. The van der Waals surface area contributed by atoms with Gasteiger partial charge >= 0.3 is 33.6 Å². The number of fused-ring (bicyclic) bond motifs is 15. The van der Waals surface area contributed by atoms with E-state index in [1.807, 2.05) is 0 Å². The normalized spacial score (nSPS) is 37.3. The largest absolute Gasteiger partial charge is 0.398 e. The first-order valence-electron chi connectivity index (χ1n) is 39.4. The lowest BCUT2D eigenvalue weighted by atomic mass is 10.1. The molecule has 12 aromatic heterocycles. The minimum Gasteiger partial charge on any atom is -0.398 e. The number of nitrogen functional groups attached to an aromatic ring is 6. The minimum atomic E-state index is -4.33. The molecule has 6 bridgehead atoms. The van der Waals surface area contributed by atoms with Crippen molar-refractivity contribution in [2.24, 2.45) is 0 Å². The summed E-state index contributed by atoms with van der Waals surface area (Å²) in [7, 11) is 0. The zero-order valence-electron chi connectivity index (χ0n) is 67.3. The molecule has 12 aromatic rings. The van der Waals surface area contributed by atoms with Gasteiger partial charge in [-0.25, -0.2) is 51.9 Å². The molecule has 9 fully saturated rings. The SMILES string of the molecule is Nc1nc2c(ncn2[C@@H]2O[C@@H]3COP(=S)(S)O[C@H]4[C@H](F)[C@H](n5ccc6c(N)ccnc65)O[C@@H]4COP(O)(=S)O[C@@H]2C3)c(=O)[nH]1.Nc1nc2c(ncn2[C@@H]2O[C@@H]3COP(O)(=S)O[C@H]4[C@H](F)[C@H](n5ccc6c(N)ccnc65)O[C@@H]4COP(O)(=S)O[C@@H]2[C@@H]3F)c(=O)[nH]1.Nc1nc2c(ncn2[C@@H]2O[C@@H]3COP(O)(=S)O[C@H]4[C@H](F)[C@H](n5ccc6c(N)ccnc65)O[C@@H]4COP(O)(=S)O[C@@H]2[C@@H]3F)c(=O)[nH]1. The van der Waals surface area contributed by atoms with Gasteiger partial charge in [0.15, 0.2) is 102 Å². The molecule has 0 aromatic carbocycles. The van der Waals surface area contributed by atoms with E-state index < -0.39 is 230 Å². The number of thiol groups is 1. The Morgan fingerprint density at radius 3 is 1.01 bits per heavy atom. The standard InChI is InChI=1S/2C22H24F2N8O9P2S2.C22H25FN8O8P2S3/c2*23-12-10-5-36-42(34,44)40-15-11(39-20(13(15)24)31-4-2-8-9(25)1-3-27-17(8)31)6-37-43(35,45)41-16(12)21(38-10)32-7-28-14-18(32)29-22(26)30-19(14)33;23-14-16-13(37-21(14)30-4-2-10-11(24)1-3-26-17(10)30)7-34-40(33,42)38-12-5-9(6-35-41(43,44)39-16)36-20(12)31-8-27-15-18(31)28-22(25)29-19(15)32/h2*1-4,7,10-13,15-16,20-21H,5-6H2,(H2,25,27)(H,34,44)(H,35,45)(H3,26,29,30,33);1-4,8-9,12-14,16,20-21H,5-7H2,(H2,24,26)(H,33,42)(H,43,44)(H3,25,28,29,32)/t2*10-,11-,12-,13+,15-,16-,20-,21-,42?,43?;9-,12+,13+,14-,16+,20+,21+,40?/m110/s1. The van der Waals surface area contributed by atoms with Gasteiger partial charge in [-0.05, 0) is 107 Å². The first-order chi connectivity index (χ1) is 63.5. The number of H-pyrrole nitrogens is 3. The molecule has 20 N–H and O–H groups in total. The maximum Gasteiger partial charge on any atom is 0.325 e. The smallest absolute Gasteiger partial charge is 0.325 e. The number of ether oxygens (including phenoxy) is 6. The first-order valence-corrected chi connectivity index (χ1v) is 56.1. The molecule has 21 rings (SSSR count). The van der Waals surface area contributed by atoms with Gasteiger partial charge in [0.1, 0.15) is 84.1 Å². The van der Waals surface area contributed by atoms with E-state index in [9.17, 15) is 38.9 Å². The summed E-state index contributed by atoms with van der Waals surface area (Å²) in [5, 5.41) is 1.70. The first kappa shape index (κ1) is 95.8. The van der Waals surface area contributed by atoms with Crippen LogP contribution in [0.2, 0.25) is 0 Å². The van der Waals surface area contributed by atoms with Crippen LogP contribution in [0.5, 0.6) is 0 Å². The van der Waals surface area contributed by atoms with E-state index in [2.05, 4.69) is 72.1 Å². The topological polar surface area (TPSA) is 668 Å². The Labute approximate surface area is 780 Å². The number of rotatable bonds is 6. The molecule has 720 valence electrons. The van der Waals surface area contributed by atoms with Crippen LogP contribution >= 0.6 is 51.5 Å². The van der Waals surface area contributed by atoms with Crippen LogP contribution in [0.25, 0.3) is 66.6 Å². The highest BCUT2D eigenvalue weighted by atomic mass is 32.9. The van der Waals surface area contributed by atoms with E-state index in [4.69, 9.17) is 188 Å². The summed E-state index contributed by atoms with van der Waals surface area (Å²) in [6.45, 7) is -24.4. The van der Waals surface area contributed by atoms with Gasteiger partial charge in [-0.15, -0.1) is 0 Å². The lowest BCUT2D eigenvalue weighted by Gasteiger charge is -2.28. The zero-order valence-corrected chi connectivity index (χ0v) is 78.5. The van der Waals surface area contributed by atoms with Gasteiger partial charge in [-0.1, -0.05) is 12.2 Å². The lowest BCUT2D eigenvalue weighted by Crippen LogP contribution is -2.34. The molecule has 29 atom stereocenters. The number of nitrogens with two attached hydrogens (primary N) is 6. The van der Waals surface area contributed by atoms with Crippen molar-refractivity contribution in [3.8, 4) is 0 Å². The highest BCUT2D eigenvalue weighted by molar-refractivity contribution is 8.60. The van der Waals surface area contributed by atoms with Gasteiger partial charge in [0.25, 0.3) is 16.7 Å². The van der Waals surface area contributed by atoms with Crippen LogP contribution in [-0.4, -0.2) is 255 Å². The van der Waals surface area contributed by atoms with Crippen LogP contribution < -0.4 is 51.1 Å². The Morgan fingerprint density at radius 2 is 0.657 bits per heavy atom. The number of nitrogens with one attached hydrogen (secondary N) is 3. The molecular weight excluding hydrogens is 2050 g/mol. The third-order valence-corrected chi connectivity index (χ3v) is 32.4. The molecule has 0 amide bonds. The Balaban J connectivity index is 0.000000129. The van der Waals surface area contributed by atoms with Crippen molar-refractivity contribution in [1.82, 2.24) is 87.2 Å². The number of pyridine rings is 3. The van der Waals surface area contributed by atoms with Gasteiger partial charge in [-0.2, -0.15) is 15.0 Å². The van der Waals surface area contributed by atoms with E-state index in [-0.39, 0.29) is 64.4 Å². The maximum absolute atomic E-state index is 16.1. The van der Waals surface area contributed by atoms with Crippen molar-refractivity contribution in [3.05, 3.63) is 124 Å². The van der Waals surface area contributed by atoms with Crippen LogP contribution in [0, 0.1) is 0 Å². The van der Waals surface area contributed by atoms with Crippen LogP contribution in [0.4, 0.5) is 56.9 Å². The van der Waals surface area contributed by atoms with Crippen molar-refractivity contribution >= 4 is 224 Å². The number of imidazole rings is 3. The molecule has 50 nitrogen and oxygen atoms in total. The fourth-order valence-corrected chi connectivity index (χ4v) is 25.5. The van der Waals surface area contributed by atoms with Crippen molar-refractivity contribution in [1.29, 1.82) is 0 Å². The molecule has 21 heterocycles. The number of aromatic nitrogens is 18. The Kier molecular flexibility index (Phi) is 26.3. The van der Waals surface area contributed by atoms with Crippen molar-refractivity contribution in [2.75, 3.05) is 74.0 Å². The number of aromatic amines is 3. The molecule has 9 aliphatic rings. The Morgan fingerprint density at radius 1 is 0.351 bits per heavy atom. The van der Waals surface area contributed by atoms with Gasteiger partial charge < -0.3 is 137 Å². The molecule has 0 radical (unpaired) electrons. The monoisotopic (exact) mass is 2120 g/mol. The number of anilines is 6. The molecule has 9 saturated heterocycles. The molecule has 6 unspecified atom stereocenters. The number of hydrogen-bond acceptors (Lipinski definition) is 42. The number of alkyl halides is 5. The summed E-state index contributed by atoms with van der Waals surface area (Å²) in [6, 6.07) is 9.75. The molecule has 68 heteroatoms. The predicted octanol–water partition coefficient (Wildman–Crippen LogP) is 4.16.